The predicted molar refractivity (Wildman–Crippen MR) is 80.5 cm³/mol. The molecule has 0 fully saturated rings. The Morgan fingerprint density at radius 1 is 1.05 bits per heavy atom. The topological polar surface area (TPSA) is 36.9 Å². The zero-order valence-electron chi connectivity index (χ0n) is 11.6. The number of furan rings is 1. The molecular formula is C18H15NO. The van der Waals surface area contributed by atoms with Crippen LogP contribution in [0.15, 0.2) is 52.9 Å². The zero-order chi connectivity index (χ0) is 14.1. The van der Waals surface area contributed by atoms with E-state index in [-0.39, 0.29) is 0 Å². The maximum Gasteiger partial charge on any atom is 0.153 e. The largest absolute Gasteiger partial charge is 0.455 e. The van der Waals surface area contributed by atoms with Gasteiger partial charge in [-0.15, -0.1) is 0 Å². The molecule has 0 aliphatic heterocycles. The van der Waals surface area contributed by atoms with Crippen molar-refractivity contribution >= 4 is 11.0 Å². The predicted octanol–water partition coefficient (Wildman–Crippen LogP) is 5.09. The minimum absolute atomic E-state index is 0.431. The third kappa shape index (κ3) is 1.98. The van der Waals surface area contributed by atoms with E-state index in [0.717, 1.165) is 16.5 Å². The van der Waals surface area contributed by atoms with Gasteiger partial charge in [0.1, 0.15) is 17.2 Å². The first-order valence-corrected chi connectivity index (χ1v) is 6.72. The molecule has 0 atom stereocenters. The molecule has 1 heterocycles. The van der Waals surface area contributed by atoms with Crippen LogP contribution in [0, 0.1) is 11.3 Å². The molecule has 0 saturated heterocycles. The average molecular weight is 261 g/mol. The summed E-state index contributed by atoms with van der Waals surface area (Å²) in [6, 6.07) is 18.1. The van der Waals surface area contributed by atoms with Crippen LogP contribution in [-0.4, -0.2) is 0 Å². The number of hydrogen-bond acceptors (Lipinski definition) is 2. The van der Waals surface area contributed by atoms with Crippen molar-refractivity contribution in [2.75, 3.05) is 0 Å². The van der Waals surface area contributed by atoms with E-state index in [0.29, 0.717) is 17.2 Å². The molecule has 0 aliphatic carbocycles. The minimum atomic E-state index is 0.431. The Bertz CT molecular complexity index is 791. The molecule has 0 unspecified atom stereocenters. The molecule has 0 amide bonds. The van der Waals surface area contributed by atoms with Crippen molar-refractivity contribution < 1.29 is 4.42 Å². The van der Waals surface area contributed by atoms with Crippen LogP contribution in [0.1, 0.15) is 30.9 Å². The molecule has 0 N–H and O–H groups in total. The summed E-state index contributed by atoms with van der Waals surface area (Å²) < 4.78 is 5.89. The van der Waals surface area contributed by atoms with Crippen molar-refractivity contribution in [1.82, 2.24) is 0 Å². The van der Waals surface area contributed by atoms with Crippen molar-refractivity contribution in [3.63, 3.8) is 0 Å². The Kier molecular flexibility index (Phi) is 3.04. The summed E-state index contributed by atoms with van der Waals surface area (Å²) in [4.78, 5) is 0. The normalized spacial score (nSPS) is 10.9. The lowest BCUT2D eigenvalue weighted by atomic mass is 9.99. The SMILES string of the molecule is CC(C)c1ccc2oc(-c3ccccc3)c(C#N)c2c1. The highest BCUT2D eigenvalue weighted by Gasteiger charge is 2.16. The van der Waals surface area contributed by atoms with Gasteiger partial charge in [-0.1, -0.05) is 50.2 Å². The van der Waals surface area contributed by atoms with Gasteiger partial charge in [0, 0.05) is 10.9 Å². The van der Waals surface area contributed by atoms with Gasteiger partial charge in [-0.05, 0) is 23.6 Å². The third-order valence-electron chi connectivity index (χ3n) is 3.53. The van der Waals surface area contributed by atoms with Crippen LogP contribution in [0.2, 0.25) is 0 Å². The van der Waals surface area contributed by atoms with Gasteiger partial charge < -0.3 is 4.42 Å². The van der Waals surface area contributed by atoms with Gasteiger partial charge in [-0.25, -0.2) is 0 Å². The fraction of sp³-hybridized carbons (Fsp3) is 0.167. The summed E-state index contributed by atoms with van der Waals surface area (Å²) in [6.45, 7) is 4.29. The monoisotopic (exact) mass is 261 g/mol. The van der Waals surface area contributed by atoms with Crippen molar-refractivity contribution in [1.29, 1.82) is 5.26 Å². The number of nitrogens with zero attached hydrogens (tertiary/aromatic N) is 1. The molecule has 0 spiro atoms. The molecule has 0 saturated carbocycles. The Balaban J connectivity index is 2.28. The minimum Gasteiger partial charge on any atom is -0.455 e. The van der Waals surface area contributed by atoms with Gasteiger partial charge in [0.2, 0.25) is 0 Å². The summed E-state index contributed by atoms with van der Waals surface area (Å²) in [5, 5.41) is 10.4. The van der Waals surface area contributed by atoms with Gasteiger partial charge in [0.25, 0.3) is 0 Å². The summed E-state index contributed by atoms with van der Waals surface area (Å²) in [5.74, 6) is 1.09. The molecular weight excluding hydrogens is 246 g/mol. The van der Waals surface area contributed by atoms with E-state index in [1.54, 1.807) is 0 Å². The Morgan fingerprint density at radius 3 is 2.45 bits per heavy atom. The van der Waals surface area contributed by atoms with Crippen LogP contribution in [-0.2, 0) is 0 Å². The van der Waals surface area contributed by atoms with Gasteiger partial charge >= 0.3 is 0 Å². The second-order valence-electron chi connectivity index (χ2n) is 5.19. The highest BCUT2D eigenvalue weighted by molar-refractivity contribution is 5.91. The van der Waals surface area contributed by atoms with Crippen LogP contribution in [0.4, 0.5) is 0 Å². The van der Waals surface area contributed by atoms with Gasteiger partial charge in [0.05, 0.1) is 0 Å². The molecule has 98 valence electrons. The first-order chi connectivity index (χ1) is 9.70. The number of rotatable bonds is 2. The number of fused-ring (bicyclic) bond motifs is 1. The molecule has 0 radical (unpaired) electrons. The lowest BCUT2D eigenvalue weighted by Crippen LogP contribution is -1.86. The van der Waals surface area contributed by atoms with Crippen LogP contribution >= 0.6 is 0 Å². The maximum atomic E-state index is 9.49. The molecule has 2 aromatic carbocycles. The van der Waals surface area contributed by atoms with Gasteiger partial charge in [-0.3, -0.25) is 0 Å². The van der Waals surface area contributed by atoms with E-state index >= 15 is 0 Å². The number of hydrogen-bond donors (Lipinski definition) is 0. The van der Waals surface area contributed by atoms with E-state index in [2.05, 4.69) is 32.0 Å². The molecule has 20 heavy (non-hydrogen) atoms. The highest BCUT2D eigenvalue weighted by atomic mass is 16.3. The molecule has 3 aromatic rings. The van der Waals surface area contributed by atoms with Crippen LogP contribution < -0.4 is 0 Å². The quantitative estimate of drug-likeness (QED) is 0.644. The molecule has 1 aromatic heterocycles. The Labute approximate surface area is 118 Å². The third-order valence-corrected chi connectivity index (χ3v) is 3.53. The van der Waals surface area contributed by atoms with Crippen LogP contribution in [0.3, 0.4) is 0 Å². The zero-order valence-corrected chi connectivity index (χ0v) is 11.6. The van der Waals surface area contributed by atoms with Gasteiger partial charge in [0.15, 0.2) is 5.76 Å². The second kappa shape index (κ2) is 4.86. The smallest absolute Gasteiger partial charge is 0.153 e. The molecule has 3 rings (SSSR count). The lowest BCUT2D eigenvalue weighted by molar-refractivity contribution is 0.630. The van der Waals surface area contributed by atoms with Crippen molar-refractivity contribution in [3.8, 4) is 17.4 Å². The standard InChI is InChI=1S/C18H15NO/c1-12(2)14-8-9-17-15(10-14)16(11-19)18(20-17)13-6-4-3-5-7-13/h3-10,12H,1-2H3. The summed E-state index contributed by atoms with van der Waals surface area (Å²) in [5.41, 5.74) is 3.54. The number of nitriles is 1. The van der Waals surface area contributed by atoms with E-state index in [9.17, 15) is 5.26 Å². The summed E-state index contributed by atoms with van der Waals surface area (Å²) in [6.07, 6.45) is 0. The fourth-order valence-electron chi connectivity index (χ4n) is 2.38. The van der Waals surface area contributed by atoms with Crippen molar-refractivity contribution in [2.45, 2.75) is 19.8 Å². The first-order valence-electron chi connectivity index (χ1n) is 6.72. The summed E-state index contributed by atoms with van der Waals surface area (Å²) >= 11 is 0. The second-order valence-corrected chi connectivity index (χ2v) is 5.19. The fourth-order valence-corrected chi connectivity index (χ4v) is 2.38. The first kappa shape index (κ1) is 12.5. The average Bonchev–Trinajstić information content (AvgIpc) is 2.85. The van der Waals surface area contributed by atoms with E-state index in [1.807, 2.05) is 36.4 Å². The summed E-state index contributed by atoms with van der Waals surface area (Å²) in [7, 11) is 0. The van der Waals surface area contributed by atoms with E-state index in [1.165, 1.54) is 5.56 Å². The Morgan fingerprint density at radius 2 is 1.80 bits per heavy atom. The Hall–Kier alpha value is -2.53. The lowest BCUT2D eigenvalue weighted by Gasteiger charge is -2.03. The molecule has 2 nitrogen and oxygen atoms in total. The van der Waals surface area contributed by atoms with Crippen LogP contribution in [0.25, 0.3) is 22.3 Å². The maximum absolute atomic E-state index is 9.49. The highest BCUT2D eigenvalue weighted by Crippen LogP contribution is 2.34. The van der Waals surface area contributed by atoms with Crippen molar-refractivity contribution in [2.24, 2.45) is 0 Å². The van der Waals surface area contributed by atoms with E-state index < -0.39 is 0 Å². The van der Waals surface area contributed by atoms with Crippen molar-refractivity contribution in [3.05, 3.63) is 59.7 Å². The molecule has 0 bridgehead atoms. The van der Waals surface area contributed by atoms with Gasteiger partial charge in [-0.2, -0.15) is 5.26 Å². The van der Waals surface area contributed by atoms with E-state index in [4.69, 9.17) is 4.42 Å². The molecule has 0 aliphatic rings. The molecule has 2 heteroatoms. The number of benzene rings is 2. The van der Waals surface area contributed by atoms with Crippen LogP contribution in [0.5, 0.6) is 0 Å².